The summed E-state index contributed by atoms with van der Waals surface area (Å²) in [6, 6.07) is 5.51. The number of anilines is 1. The third-order valence-corrected chi connectivity index (χ3v) is 3.54. The Morgan fingerprint density at radius 2 is 2.10 bits per heavy atom. The van der Waals surface area contributed by atoms with E-state index in [9.17, 15) is 5.11 Å². The van der Waals surface area contributed by atoms with Crippen LogP contribution in [0.5, 0.6) is 0 Å². The van der Waals surface area contributed by atoms with Crippen molar-refractivity contribution in [2.75, 3.05) is 5.73 Å². The highest BCUT2D eigenvalue weighted by Gasteiger charge is 2.17. The van der Waals surface area contributed by atoms with E-state index in [2.05, 4.69) is 9.97 Å². The lowest BCUT2D eigenvalue weighted by Gasteiger charge is -2.08. The molecular weight excluding hydrogens is 268 g/mol. The van der Waals surface area contributed by atoms with Crippen LogP contribution in [0.2, 0.25) is 0 Å². The van der Waals surface area contributed by atoms with Crippen LogP contribution in [0.4, 0.5) is 5.69 Å². The van der Waals surface area contributed by atoms with Gasteiger partial charge < -0.3 is 19.8 Å². The Bertz CT molecular complexity index is 782. The van der Waals surface area contributed by atoms with Gasteiger partial charge in [-0.05, 0) is 39.0 Å². The number of benzene rings is 1. The van der Waals surface area contributed by atoms with Crippen LogP contribution in [0.1, 0.15) is 36.2 Å². The summed E-state index contributed by atoms with van der Waals surface area (Å²) >= 11 is 0. The third-order valence-electron chi connectivity index (χ3n) is 3.54. The standard InChI is InChI=1S/C15H18N4O2/c1-8-10(3)21-14(17-8)7-19-13-5-4-11(16)6-12(13)18-15(19)9(2)20/h4-6,9,20H,7,16H2,1-3H3. The molecule has 0 bridgehead atoms. The number of aliphatic hydroxyl groups excluding tert-OH is 1. The second kappa shape index (κ2) is 4.89. The van der Waals surface area contributed by atoms with E-state index in [1.165, 1.54) is 0 Å². The average molecular weight is 286 g/mol. The molecule has 0 amide bonds. The molecule has 1 aromatic carbocycles. The van der Waals surface area contributed by atoms with Crippen LogP contribution >= 0.6 is 0 Å². The SMILES string of the molecule is Cc1nc(Cn2c(C(C)O)nc3cc(N)ccc32)oc1C. The number of aryl methyl sites for hydroxylation is 2. The summed E-state index contributed by atoms with van der Waals surface area (Å²) in [5.41, 5.74) is 8.96. The van der Waals surface area contributed by atoms with E-state index in [1.807, 2.05) is 30.5 Å². The average Bonchev–Trinajstić information content (AvgIpc) is 2.91. The molecule has 110 valence electrons. The van der Waals surface area contributed by atoms with Crippen LogP contribution < -0.4 is 5.73 Å². The molecule has 3 N–H and O–H groups in total. The van der Waals surface area contributed by atoms with Gasteiger partial charge in [0.1, 0.15) is 24.2 Å². The fraction of sp³-hybridized carbons (Fsp3) is 0.333. The maximum atomic E-state index is 9.95. The summed E-state index contributed by atoms with van der Waals surface area (Å²) < 4.78 is 7.54. The van der Waals surface area contributed by atoms with Crippen LogP contribution in [-0.2, 0) is 6.54 Å². The lowest BCUT2D eigenvalue weighted by molar-refractivity contribution is 0.184. The predicted octanol–water partition coefficient (Wildman–Crippen LogP) is 2.32. The molecule has 21 heavy (non-hydrogen) atoms. The van der Waals surface area contributed by atoms with Crippen LogP contribution in [0, 0.1) is 13.8 Å². The van der Waals surface area contributed by atoms with Gasteiger partial charge in [-0.1, -0.05) is 0 Å². The monoisotopic (exact) mass is 286 g/mol. The molecule has 2 heterocycles. The highest BCUT2D eigenvalue weighted by atomic mass is 16.4. The molecule has 0 aliphatic carbocycles. The topological polar surface area (TPSA) is 90.1 Å². The Labute approximate surface area is 122 Å². The predicted molar refractivity (Wildman–Crippen MR) is 79.9 cm³/mol. The van der Waals surface area contributed by atoms with Crippen molar-refractivity contribution in [3.05, 3.63) is 41.4 Å². The molecular formula is C15H18N4O2. The van der Waals surface area contributed by atoms with E-state index in [4.69, 9.17) is 10.2 Å². The number of nitrogen functional groups attached to an aromatic ring is 1. The summed E-state index contributed by atoms with van der Waals surface area (Å²) in [7, 11) is 0. The summed E-state index contributed by atoms with van der Waals surface area (Å²) in [4.78, 5) is 8.85. The first-order valence-corrected chi connectivity index (χ1v) is 6.82. The smallest absolute Gasteiger partial charge is 0.214 e. The van der Waals surface area contributed by atoms with Crippen molar-refractivity contribution in [2.24, 2.45) is 0 Å². The lowest BCUT2D eigenvalue weighted by Crippen LogP contribution is -2.08. The number of rotatable bonds is 3. The van der Waals surface area contributed by atoms with E-state index >= 15 is 0 Å². The number of aliphatic hydroxyl groups is 1. The van der Waals surface area contributed by atoms with Crippen LogP contribution in [0.25, 0.3) is 11.0 Å². The highest BCUT2D eigenvalue weighted by molar-refractivity contribution is 5.79. The number of hydrogen-bond donors (Lipinski definition) is 2. The van der Waals surface area contributed by atoms with Crippen molar-refractivity contribution >= 4 is 16.7 Å². The minimum Gasteiger partial charge on any atom is -0.444 e. The number of imidazole rings is 1. The summed E-state index contributed by atoms with van der Waals surface area (Å²) in [6.45, 7) is 5.90. The van der Waals surface area contributed by atoms with Gasteiger partial charge in [0.25, 0.3) is 0 Å². The maximum absolute atomic E-state index is 9.95. The van der Waals surface area contributed by atoms with Gasteiger partial charge in [-0.3, -0.25) is 0 Å². The van der Waals surface area contributed by atoms with E-state index in [0.29, 0.717) is 23.9 Å². The Kier molecular flexibility index (Phi) is 3.17. The molecule has 0 aliphatic heterocycles. The molecule has 0 fully saturated rings. The number of oxazole rings is 1. The van der Waals surface area contributed by atoms with Crippen molar-refractivity contribution in [2.45, 2.75) is 33.4 Å². The molecule has 6 heteroatoms. The molecule has 2 aromatic heterocycles. The minimum absolute atomic E-state index is 0.426. The molecule has 0 aliphatic rings. The molecule has 0 radical (unpaired) electrons. The molecule has 6 nitrogen and oxygen atoms in total. The molecule has 0 spiro atoms. The van der Waals surface area contributed by atoms with Gasteiger partial charge in [-0.2, -0.15) is 0 Å². The van der Waals surface area contributed by atoms with E-state index in [-0.39, 0.29) is 0 Å². The third kappa shape index (κ3) is 2.38. The van der Waals surface area contributed by atoms with Crippen LogP contribution in [-0.4, -0.2) is 19.6 Å². The molecule has 1 unspecified atom stereocenters. The molecule has 3 aromatic rings. The van der Waals surface area contributed by atoms with Crippen LogP contribution in [0.3, 0.4) is 0 Å². The first-order chi connectivity index (χ1) is 9.95. The fourth-order valence-corrected chi connectivity index (χ4v) is 2.39. The zero-order chi connectivity index (χ0) is 15.1. The molecule has 3 rings (SSSR count). The van der Waals surface area contributed by atoms with E-state index < -0.39 is 6.10 Å². The van der Waals surface area contributed by atoms with Crippen molar-refractivity contribution in [3.63, 3.8) is 0 Å². The number of nitrogens with two attached hydrogens (primary N) is 1. The van der Waals surface area contributed by atoms with Gasteiger partial charge in [0.15, 0.2) is 0 Å². The van der Waals surface area contributed by atoms with Crippen molar-refractivity contribution < 1.29 is 9.52 Å². The Morgan fingerprint density at radius 3 is 2.71 bits per heavy atom. The lowest BCUT2D eigenvalue weighted by atomic mass is 10.3. The Morgan fingerprint density at radius 1 is 1.33 bits per heavy atom. The molecule has 0 saturated heterocycles. The van der Waals surface area contributed by atoms with E-state index in [0.717, 1.165) is 22.5 Å². The number of aromatic nitrogens is 3. The second-order valence-electron chi connectivity index (χ2n) is 5.23. The van der Waals surface area contributed by atoms with Crippen molar-refractivity contribution in [3.8, 4) is 0 Å². The second-order valence-corrected chi connectivity index (χ2v) is 5.23. The maximum Gasteiger partial charge on any atom is 0.214 e. The first-order valence-electron chi connectivity index (χ1n) is 6.82. The van der Waals surface area contributed by atoms with Crippen molar-refractivity contribution in [1.82, 2.24) is 14.5 Å². The summed E-state index contributed by atoms with van der Waals surface area (Å²) in [5.74, 6) is 1.98. The van der Waals surface area contributed by atoms with Crippen LogP contribution in [0.15, 0.2) is 22.6 Å². The van der Waals surface area contributed by atoms with Gasteiger partial charge in [0.05, 0.1) is 16.7 Å². The minimum atomic E-state index is -0.684. The van der Waals surface area contributed by atoms with Gasteiger partial charge in [0.2, 0.25) is 5.89 Å². The fourth-order valence-electron chi connectivity index (χ4n) is 2.39. The Balaban J connectivity index is 2.12. The normalized spacial score (nSPS) is 13.0. The summed E-state index contributed by atoms with van der Waals surface area (Å²) in [6.07, 6.45) is -0.684. The molecule has 0 saturated carbocycles. The van der Waals surface area contributed by atoms with Gasteiger partial charge in [-0.15, -0.1) is 0 Å². The molecule has 1 atom stereocenters. The largest absolute Gasteiger partial charge is 0.444 e. The van der Waals surface area contributed by atoms with E-state index in [1.54, 1.807) is 13.0 Å². The van der Waals surface area contributed by atoms with Crippen molar-refractivity contribution in [1.29, 1.82) is 0 Å². The zero-order valence-corrected chi connectivity index (χ0v) is 12.3. The first kappa shape index (κ1) is 13.6. The summed E-state index contributed by atoms with van der Waals surface area (Å²) in [5, 5.41) is 9.95. The zero-order valence-electron chi connectivity index (χ0n) is 12.3. The number of hydrogen-bond acceptors (Lipinski definition) is 5. The highest BCUT2D eigenvalue weighted by Crippen LogP contribution is 2.24. The number of nitrogens with zero attached hydrogens (tertiary/aromatic N) is 3. The van der Waals surface area contributed by atoms with Gasteiger partial charge in [-0.25, -0.2) is 9.97 Å². The van der Waals surface area contributed by atoms with Gasteiger partial charge in [0, 0.05) is 5.69 Å². The van der Waals surface area contributed by atoms with Gasteiger partial charge >= 0.3 is 0 Å². The number of fused-ring (bicyclic) bond motifs is 1. The Hall–Kier alpha value is -2.34. The quantitative estimate of drug-likeness (QED) is 0.721.